The Balaban J connectivity index is 1.57. The minimum absolute atomic E-state index is 0.350. The first-order chi connectivity index (χ1) is 10.1. The molecular weight excluding hydrogens is 344 g/mol. The van der Waals surface area contributed by atoms with Crippen LogP contribution in [0, 0.1) is 5.92 Å². The first-order valence-electron chi connectivity index (χ1n) is 8.34. The fraction of sp³-hybridized carbons (Fsp3) is 0.765. The number of thiophene rings is 1. The van der Waals surface area contributed by atoms with E-state index in [1.807, 2.05) is 11.3 Å². The zero-order chi connectivity index (χ0) is 14.5. The monoisotopic (exact) mass is 368 g/mol. The minimum atomic E-state index is 0.350. The van der Waals surface area contributed by atoms with E-state index >= 15 is 0 Å². The van der Waals surface area contributed by atoms with Gasteiger partial charge in [0.25, 0.3) is 0 Å². The van der Waals surface area contributed by atoms with E-state index in [0.29, 0.717) is 11.1 Å². The van der Waals surface area contributed by atoms with Crippen molar-refractivity contribution < 1.29 is 0 Å². The van der Waals surface area contributed by atoms with Crippen molar-refractivity contribution in [2.45, 2.75) is 63.1 Å². The molecule has 4 heteroatoms. The van der Waals surface area contributed by atoms with E-state index in [-0.39, 0.29) is 0 Å². The van der Waals surface area contributed by atoms with Crippen molar-refractivity contribution in [3.63, 3.8) is 0 Å². The molecular formula is C17H25BrN2S. The largest absolute Gasteiger partial charge is 0.308 e. The molecule has 3 fully saturated rings. The highest BCUT2D eigenvalue weighted by Gasteiger charge is 2.51. The van der Waals surface area contributed by atoms with Gasteiger partial charge in [0, 0.05) is 35.6 Å². The molecule has 0 amide bonds. The van der Waals surface area contributed by atoms with Crippen molar-refractivity contribution in [2.24, 2.45) is 5.92 Å². The smallest absolute Gasteiger partial charge is 0.0701 e. The van der Waals surface area contributed by atoms with Crippen molar-refractivity contribution in [3.8, 4) is 0 Å². The average molecular weight is 369 g/mol. The molecule has 4 rings (SSSR count). The van der Waals surface area contributed by atoms with Crippen LogP contribution in [0.5, 0.6) is 0 Å². The van der Waals surface area contributed by atoms with Crippen LogP contribution in [0.25, 0.3) is 0 Å². The lowest BCUT2D eigenvalue weighted by Gasteiger charge is -2.53. The Morgan fingerprint density at radius 2 is 2.10 bits per heavy atom. The average Bonchev–Trinajstić information content (AvgIpc) is 3.10. The zero-order valence-corrected chi connectivity index (χ0v) is 15.2. The van der Waals surface area contributed by atoms with E-state index in [4.69, 9.17) is 0 Å². The van der Waals surface area contributed by atoms with Gasteiger partial charge >= 0.3 is 0 Å². The Morgan fingerprint density at radius 1 is 1.33 bits per heavy atom. The van der Waals surface area contributed by atoms with Gasteiger partial charge in [0.15, 0.2) is 0 Å². The summed E-state index contributed by atoms with van der Waals surface area (Å²) in [5, 5.41) is 3.96. The van der Waals surface area contributed by atoms with Crippen molar-refractivity contribution in [1.82, 2.24) is 10.2 Å². The van der Waals surface area contributed by atoms with Crippen molar-refractivity contribution in [1.29, 1.82) is 0 Å². The Labute approximate surface area is 140 Å². The van der Waals surface area contributed by atoms with E-state index in [1.54, 1.807) is 0 Å². The molecule has 0 aromatic carbocycles. The molecule has 3 aliphatic rings. The lowest BCUT2D eigenvalue weighted by molar-refractivity contribution is 0.0000322. The molecule has 1 aromatic rings. The summed E-state index contributed by atoms with van der Waals surface area (Å²) in [6, 6.07) is 4.50. The van der Waals surface area contributed by atoms with E-state index < -0.39 is 0 Å². The molecule has 21 heavy (non-hydrogen) atoms. The maximum atomic E-state index is 3.96. The Hall–Kier alpha value is 0.1000. The van der Waals surface area contributed by atoms with Crippen LogP contribution in [0.3, 0.4) is 0 Å². The first kappa shape index (κ1) is 14.7. The van der Waals surface area contributed by atoms with Crippen LogP contribution in [0.1, 0.15) is 50.3 Å². The van der Waals surface area contributed by atoms with Crippen LogP contribution < -0.4 is 5.32 Å². The van der Waals surface area contributed by atoms with Gasteiger partial charge in [-0.15, -0.1) is 11.3 Å². The normalized spacial score (nSPS) is 32.9. The molecule has 0 bridgehead atoms. The molecule has 2 heterocycles. The third-order valence-corrected chi connectivity index (χ3v) is 7.61. The Morgan fingerprint density at radius 3 is 2.71 bits per heavy atom. The van der Waals surface area contributed by atoms with E-state index in [2.05, 4.69) is 45.2 Å². The number of hydrogen-bond acceptors (Lipinski definition) is 3. The number of nitrogens with zero attached hydrogens (tertiary/aromatic N) is 1. The lowest BCUT2D eigenvalue weighted by atomic mass is 9.83. The van der Waals surface area contributed by atoms with Gasteiger partial charge in [-0.25, -0.2) is 0 Å². The maximum absolute atomic E-state index is 3.96. The summed E-state index contributed by atoms with van der Waals surface area (Å²) < 4.78 is 1.26. The van der Waals surface area contributed by atoms with Crippen LogP contribution in [-0.2, 0) is 6.54 Å². The summed E-state index contributed by atoms with van der Waals surface area (Å²) in [5.41, 5.74) is 0.785. The molecule has 1 unspecified atom stereocenters. The summed E-state index contributed by atoms with van der Waals surface area (Å²) in [6.07, 6.45) is 8.43. The van der Waals surface area contributed by atoms with Crippen LogP contribution in [0.15, 0.2) is 15.9 Å². The van der Waals surface area contributed by atoms with E-state index in [1.165, 1.54) is 60.3 Å². The Bertz CT molecular complexity index is 519. The predicted molar refractivity (Wildman–Crippen MR) is 92.8 cm³/mol. The molecule has 1 aliphatic heterocycles. The standard InChI is InChI=1S/C17H25BrN2S/c1-16(13-4-5-13)12-20(10-14-6-7-15(18)21-14)17(11-19-16)8-2-3-9-17/h6-7,13,19H,2-5,8-12H2,1H3. The summed E-state index contributed by atoms with van der Waals surface area (Å²) in [6.45, 7) is 6.03. The van der Waals surface area contributed by atoms with Crippen LogP contribution in [0.4, 0.5) is 0 Å². The van der Waals surface area contributed by atoms with Crippen molar-refractivity contribution >= 4 is 27.3 Å². The van der Waals surface area contributed by atoms with Crippen molar-refractivity contribution in [2.75, 3.05) is 13.1 Å². The van der Waals surface area contributed by atoms with Gasteiger partial charge in [-0.05, 0) is 66.6 Å². The van der Waals surface area contributed by atoms with Gasteiger partial charge in [-0.2, -0.15) is 0 Å². The molecule has 2 aliphatic carbocycles. The molecule has 1 spiro atoms. The number of rotatable bonds is 3. The van der Waals surface area contributed by atoms with Gasteiger partial charge in [0.1, 0.15) is 0 Å². The third-order valence-electron chi connectivity index (χ3n) is 6.00. The van der Waals surface area contributed by atoms with Crippen LogP contribution >= 0.6 is 27.3 Å². The second-order valence-corrected chi connectivity index (χ2v) is 10.1. The molecule has 1 N–H and O–H groups in total. The number of hydrogen-bond donors (Lipinski definition) is 1. The molecule has 2 saturated carbocycles. The van der Waals surface area contributed by atoms with E-state index in [9.17, 15) is 0 Å². The molecule has 1 aromatic heterocycles. The fourth-order valence-electron chi connectivity index (χ4n) is 4.47. The van der Waals surface area contributed by atoms with Crippen LogP contribution in [-0.4, -0.2) is 29.1 Å². The lowest BCUT2D eigenvalue weighted by Crippen LogP contribution is -2.68. The fourth-order valence-corrected chi connectivity index (χ4v) is 5.97. The number of nitrogens with one attached hydrogen (secondary N) is 1. The molecule has 116 valence electrons. The summed E-state index contributed by atoms with van der Waals surface area (Å²) in [7, 11) is 0. The molecule has 1 atom stereocenters. The highest BCUT2D eigenvalue weighted by atomic mass is 79.9. The third kappa shape index (κ3) is 2.73. The summed E-state index contributed by atoms with van der Waals surface area (Å²) in [5.74, 6) is 0.911. The highest BCUT2D eigenvalue weighted by Crippen LogP contribution is 2.46. The zero-order valence-electron chi connectivity index (χ0n) is 12.8. The van der Waals surface area contributed by atoms with Gasteiger partial charge in [0.2, 0.25) is 0 Å². The second-order valence-electron chi connectivity index (χ2n) is 7.54. The Kier molecular flexibility index (Phi) is 3.72. The second kappa shape index (κ2) is 5.33. The molecule has 2 nitrogen and oxygen atoms in total. The van der Waals surface area contributed by atoms with E-state index in [0.717, 1.165) is 12.5 Å². The van der Waals surface area contributed by atoms with Gasteiger partial charge < -0.3 is 5.32 Å². The SMILES string of the molecule is CC1(C2CC2)CN(Cc2ccc(Br)s2)C2(CCCC2)CN1. The molecule has 1 saturated heterocycles. The van der Waals surface area contributed by atoms with Crippen LogP contribution in [0.2, 0.25) is 0 Å². The topological polar surface area (TPSA) is 15.3 Å². The predicted octanol–water partition coefficient (Wildman–Crippen LogP) is 4.40. The van der Waals surface area contributed by atoms with Gasteiger partial charge in [-0.3, -0.25) is 4.90 Å². The van der Waals surface area contributed by atoms with Gasteiger partial charge in [-0.1, -0.05) is 12.8 Å². The maximum Gasteiger partial charge on any atom is 0.0701 e. The first-order valence-corrected chi connectivity index (χ1v) is 9.95. The number of halogens is 1. The highest BCUT2D eigenvalue weighted by molar-refractivity contribution is 9.11. The quantitative estimate of drug-likeness (QED) is 0.850. The van der Waals surface area contributed by atoms with Gasteiger partial charge in [0.05, 0.1) is 3.79 Å². The molecule has 0 radical (unpaired) electrons. The minimum Gasteiger partial charge on any atom is -0.308 e. The number of piperazine rings is 1. The summed E-state index contributed by atoms with van der Waals surface area (Å²) in [4.78, 5) is 4.35. The van der Waals surface area contributed by atoms with Crippen molar-refractivity contribution in [3.05, 3.63) is 20.8 Å². The summed E-state index contributed by atoms with van der Waals surface area (Å²) >= 11 is 5.52.